The molecule has 27 heavy (non-hydrogen) atoms. The van der Waals surface area contributed by atoms with Crippen molar-refractivity contribution >= 4 is 39.2 Å². The van der Waals surface area contributed by atoms with Crippen molar-refractivity contribution in [2.75, 3.05) is 5.75 Å². The maximum Gasteiger partial charge on any atom is 0.263 e. The minimum absolute atomic E-state index is 0.0281. The first-order valence-electron chi connectivity index (χ1n) is 9.14. The Balaban J connectivity index is 1.54. The number of thiophene rings is 1. The normalized spacial score (nSPS) is 13.7. The monoisotopic (exact) mass is 403 g/mol. The molecule has 0 atom stereocenters. The fourth-order valence-corrected chi connectivity index (χ4v) is 5.58. The molecule has 3 aromatic rings. The fourth-order valence-electron chi connectivity index (χ4n) is 3.39. The fraction of sp³-hybridized carbons (Fsp3) is 0.421. The van der Waals surface area contributed by atoms with Gasteiger partial charge in [-0.15, -0.1) is 11.3 Å². The first-order valence-corrected chi connectivity index (χ1v) is 10.9. The van der Waals surface area contributed by atoms with E-state index in [9.17, 15) is 9.59 Å². The van der Waals surface area contributed by atoms with Crippen molar-refractivity contribution in [2.24, 2.45) is 0 Å². The SMILES string of the molecule is CCn1c(SCC(=O)NCc2ccco2)nc2sc3c(c2c1=O)CCCC3. The van der Waals surface area contributed by atoms with E-state index in [-0.39, 0.29) is 17.2 Å². The number of furan rings is 1. The molecule has 1 amide bonds. The molecule has 4 rings (SSSR count). The number of hydrogen-bond acceptors (Lipinski definition) is 6. The minimum Gasteiger partial charge on any atom is -0.467 e. The zero-order valence-electron chi connectivity index (χ0n) is 15.1. The second kappa shape index (κ2) is 7.90. The molecule has 1 aliphatic rings. The van der Waals surface area contributed by atoms with Gasteiger partial charge >= 0.3 is 0 Å². The summed E-state index contributed by atoms with van der Waals surface area (Å²) in [7, 11) is 0. The van der Waals surface area contributed by atoms with Crippen molar-refractivity contribution in [1.29, 1.82) is 0 Å². The number of amides is 1. The number of rotatable bonds is 6. The van der Waals surface area contributed by atoms with E-state index in [1.165, 1.54) is 28.6 Å². The first kappa shape index (κ1) is 18.3. The molecular formula is C19H21N3O3S2. The van der Waals surface area contributed by atoms with Crippen LogP contribution in [0.5, 0.6) is 0 Å². The number of carbonyl (C=O) groups excluding carboxylic acids is 1. The van der Waals surface area contributed by atoms with Crippen LogP contribution in [-0.4, -0.2) is 21.2 Å². The summed E-state index contributed by atoms with van der Waals surface area (Å²) in [6.07, 6.45) is 5.91. The van der Waals surface area contributed by atoms with Crippen LogP contribution in [0.1, 0.15) is 36.0 Å². The molecule has 0 radical (unpaired) electrons. The van der Waals surface area contributed by atoms with Crippen LogP contribution in [-0.2, 0) is 30.7 Å². The second-order valence-corrected chi connectivity index (χ2v) is 8.51. The van der Waals surface area contributed by atoms with Crippen molar-refractivity contribution in [2.45, 2.75) is 50.9 Å². The maximum atomic E-state index is 13.0. The molecule has 1 N–H and O–H groups in total. The lowest BCUT2D eigenvalue weighted by molar-refractivity contribution is -0.118. The van der Waals surface area contributed by atoms with Gasteiger partial charge in [0, 0.05) is 11.4 Å². The van der Waals surface area contributed by atoms with Crippen LogP contribution in [0.4, 0.5) is 0 Å². The predicted octanol–water partition coefficient (Wildman–Crippen LogP) is 3.36. The lowest BCUT2D eigenvalue weighted by Gasteiger charge is -2.12. The van der Waals surface area contributed by atoms with Crippen LogP contribution in [0.15, 0.2) is 32.8 Å². The van der Waals surface area contributed by atoms with Gasteiger partial charge in [-0.1, -0.05) is 11.8 Å². The first-order chi connectivity index (χ1) is 13.2. The van der Waals surface area contributed by atoms with E-state index >= 15 is 0 Å². The Kier molecular flexibility index (Phi) is 5.36. The average molecular weight is 404 g/mol. The molecule has 3 aromatic heterocycles. The largest absolute Gasteiger partial charge is 0.467 e. The highest BCUT2D eigenvalue weighted by Crippen LogP contribution is 2.34. The minimum atomic E-state index is -0.112. The molecule has 0 aliphatic heterocycles. The number of thioether (sulfide) groups is 1. The summed E-state index contributed by atoms with van der Waals surface area (Å²) in [5, 5.41) is 4.23. The lowest BCUT2D eigenvalue weighted by Crippen LogP contribution is -2.26. The highest BCUT2D eigenvalue weighted by Gasteiger charge is 2.22. The van der Waals surface area contributed by atoms with Crippen LogP contribution >= 0.6 is 23.1 Å². The van der Waals surface area contributed by atoms with Crippen molar-refractivity contribution in [3.8, 4) is 0 Å². The molecule has 0 bridgehead atoms. The number of hydrogen-bond donors (Lipinski definition) is 1. The van der Waals surface area contributed by atoms with Crippen LogP contribution in [0.3, 0.4) is 0 Å². The van der Waals surface area contributed by atoms with E-state index < -0.39 is 0 Å². The molecule has 3 heterocycles. The van der Waals surface area contributed by atoms with Gasteiger partial charge < -0.3 is 9.73 Å². The Morgan fingerprint density at radius 1 is 1.41 bits per heavy atom. The van der Waals surface area contributed by atoms with Gasteiger partial charge in [0.25, 0.3) is 5.56 Å². The molecule has 6 nitrogen and oxygen atoms in total. The summed E-state index contributed by atoms with van der Waals surface area (Å²) in [4.78, 5) is 32.0. The van der Waals surface area contributed by atoms with Gasteiger partial charge in [0.15, 0.2) is 5.16 Å². The van der Waals surface area contributed by atoms with Gasteiger partial charge in [-0.2, -0.15) is 0 Å². The molecule has 142 valence electrons. The van der Waals surface area contributed by atoms with Gasteiger partial charge in [0.1, 0.15) is 10.6 Å². The molecule has 0 unspecified atom stereocenters. The van der Waals surface area contributed by atoms with Crippen molar-refractivity contribution in [3.63, 3.8) is 0 Å². The van der Waals surface area contributed by atoms with Gasteiger partial charge in [-0.25, -0.2) is 4.98 Å². The van der Waals surface area contributed by atoms with E-state index in [4.69, 9.17) is 9.40 Å². The van der Waals surface area contributed by atoms with Crippen LogP contribution in [0.2, 0.25) is 0 Å². The third kappa shape index (κ3) is 3.68. The Morgan fingerprint density at radius 2 is 2.26 bits per heavy atom. The number of carbonyl (C=O) groups is 1. The topological polar surface area (TPSA) is 77.1 Å². The van der Waals surface area contributed by atoms with E-state index in [1.807, 2.05) is 13.0 Å². The van der Waals surface area contributed by atoms with Gasteiger partial charge in [0.2, 0.25) is 5.91 Å². The standard InChI is InChI=1S/C19H21N3O3S2/c1-2-22-18(24)16-13-7-3-4-8-14(13)27-17(16)21-19(22)26-11-15(23)20-10-12-6-5-9-25-12/h5-6,9H,2-4,7-8,10-11H2,1H3,(H,20,23). The van der Waals surface area contributed by atoms with Crippen molar-refractivity contribution in [1.82, 2.24) is 14.9 Å². The van der Waals surface area contributed by atoms with E-state index in [1.54, 1.807) is 28.2 Å². The Hall–Kier alpha value is -2.06. The van der Waals surface area contributed by atoms with Crippen LogP contribution in [0.25, 0.3) is 10.2 Å². The summed E-state index contributed by atoms with van der Waals surface area (Å²) < 4.78 is 6.90. The van der Waals surface area contributed by atoms with E-state index in [0.717, 1.165) is 29.5 Å². The number of aromatic nitrogens is 2. The van der Waals surface area contributed by atoms with Crippen molar-refractivity contribution < 1.29 is 9.21 Å². The molecule has 0 aromatic carbocycles. The predicted molar refractivity (Wildman–Crippen MR) is 107 cm³/mol. The van der Waals surface area contributed by atoms with Gasteiger partial charge in [-0.3, -0.25) is 14.2 Å². The highest BCUT2D eigenvalue weighted by molar-refractivity contribution is 7.99. The van der Waals surface area contributed by atoms with E-state index in [0.29, 0.717) is 24.0 Å². The molecule has 0 saturated carbocycles. The van der Waals surface area contributed by atoms with Crippen LogP contribution in [0, 0.1) is 0 Å². The zero-order valence-corrected chi connectivity index (χ0v) is 16.8. The Bertz CT molecular complexity index is 1020. The third-order valence-electron chi connectivity index (χ3n) is 4.73. The lowest BCUT2D eigenvalue weighted by atomic mass is 9.97. The second-order valence-electron chi connectivity index (χ2n) is 6.48. The number of nitrogens with one attached hydrogen (secondary N) is 1. The maximum absolute atomic E-state index is 13.0. The molecular weight excluding hydrogens is 382 g/mol. The summed E-state index contributed by atoms with van der Waals surface area (Å²) >= 11 is 2.95. The number of nitrogens with zero attached hydrogens (tertiary/aromatic N) is 2. The van der Waals surface area contributed by atoms with E-state index in [2.05, 4.69) is 5.32 Å². The van der Waals surface area contributed by atoms with Gasteiger partial charge in [-0.05, 0) is 50.3 Å². The third-order valence-corrected chi connectivity index (χ3v) is 6.89. The summed E-state index contributed by atoms with van der Waals surface area (Å²) in [6, 6.07) is 3.60. The van der Waals surface area contributed by atoms with Crippen LogP contribution < -0.4 is 10.9 Å². The summed E-state index contributed by atoms with van der Waals surface area (Å²) in [6.45, 7) is 2.84. The van der Waals surface area contributed by atoms with Crippen molar-refractivity contribution in [3.05, 3.63) is 45.0 Å². The number of aryl methyl sites for hydroxylation is 2. The smallest absolute Gasteiger partial charge is 0.263 e. The molecule has 0 spiro atoms. The summed E-state index contributed by atoms with van der Waals surface area (Å²) in [5.41, 5.74) is 1.23. The summed E-state index contributed by atoms with van der Waals surface area (Å²) in [5.74, 6) is 0.811. The number of fused-ring (bicyclic) bond motifs is 3. The Morgan fingerprint density at radius 3 is 3.04 bits per heavy atom. The quantitative estimate of drug-likeness (QED) is 0.504. The molecule has 0 fully saturated rings. The van der Waals surface area contributed by atoms with Gasteiger partial charge in [0.05, 0.1) is 23.9 Å². The molecule has 8 heteroatoms. The average Bonchev–Trinajstić information content (AvgIpc) is 3.32. The Labute approximate surface area is 165 Å². The molecule has 1 aliphatic carbocycles. The zero-order chi connectivity index (χ0) is 18.8. The highest BCUT2D eigenvalue weighted by atomic mass is 32.2. The molecule has 0 saturated heterocycles.